The Balaban J connectivity index is 1.77. The maximum Gasteiger partial charge on any atom is 0.196 e. The predicted octanol–water partition coefficient (Wildman–Crippen LogP) is 5.83. The van der Waals surface area contributed by atoms with E-state index in [-0.39, 0.29) is 5.78 Å². The molecular formula is C19H11ClO2S. The topological polar surface area (TPSA) is 26.3 Å². The normalized spacial score (nSPS) is 12.0. The lowest BCUT2D eigenvalue weighted by molar-refractivity contribution is 0.103. The molecule has 4 rings (SSSR count). The summed E-state index contributed by atoms with van der Waals surface area (Å²) in [6.07, 6.45) is 0. The van der Waals surface area contributed by atoms with Crippen LogP contribution in [0.2, 0.25) is 5.02 Å². The molecule has 0 saturated heterocycles. The van der Waals surface area contributed by atoms with Crippen LogP contribution < -0.4 is 4.74 Å². The second-order valence-electron chi connectivity index (χ2n) is 5.12. The van der Waals surface area contributed by atoms with Crippen LogP contribution in [-0.2, 0) is 0 Å². The fraction of sp³-hybridized carbons (Fsp3) is 0. The number of fused-ring (bicyclic) bond motifs is 2. The molecule has 0 bridgehead atoms. The molecule has 3 aromatic rings. The van der Waals surface area contributed by atoms with Crippen LogP contribution in [0.3, 0.4) is 0 Å². The average Bonchev–Trinajstić information content (AvgIpc) is 2.59. The molecule has 4 heteroatoms. The largest absolute Gasteiger partial charge is 0.454 e. The van der Waals surface area contributed by atoms with Crippen molar-refractivity contribution in [3.05, 3.63) is 82.9 Å². The molecule has 23 heavy (non-hydrogen) atoms. The van der Waals surface area contributed by atoms with Crippen LogP contribution in [0.4, 0.5) is 0 Å². The first kappa shape index (κ1) is 14.4. The van der Waals surface area contributed by atoms with Crippen molar-refractivity contribution in [1.82, 2.24) is 0 Å². The summed E-state index contributed by atoms with van der Waals surface area (Å²) in [5.41, 5.74) is 1.15. The Morgan fingerprint density at radius 1 is 0.870 bits per heavy atom. The van der Waals surface area contributed by atoms with Crippen molar-refractivity contribution in [1.29, 1.82) is 0 Å². The van der Waals surface area contributed by atoms with Gasteiger partial charge in [0, 0.05) is 10.6 Å². The van der Waals surface area contributed by atoms with Gasteiger partial charge in [-0.3, -0.25) is 4.79 Å². The Bertz CT molecular complexity index is 903. The van der Waals surface area contributed by atoms with Gasteiger partial charge in [-0.15, -0.1) is 0 Å². The van der Waals surface area contributed by atoms with Gasteiger partial charge in [0.15, 0.2) is 11.5 Å². The zero-order chi connectivity index (χ0) is 15.8. The minimum Gasteiger partial charge on any atom is -0.454 e. The minimum atomic E-state index is -0.0708. The van der Waals surface area contributed by atoms with Crippen LogP contribution in [0.5, 0.6) is 11.5 Å². The maximum atomic E-state index is 12.8. The Morgan fingerprint density at radius 3 is 2.43 bits per heavy atom. The number of hydrogen-bond acceptors (Lipinski definition) is 3. The second kappa shape index (κ2) is 5.76. The molecule has 0 spiro atoms. The summed E-state index contributed by atoms with van der Waals surface area (Å²) in [6, 6.07) is 20.4. The molecule has 0 fully saturated rings. The molecule has 3 aromatic carbocycles. The van der Waals surface area contributed by atoms with Crippen LogP contribution in [0.25, 0.3) is 0 Å². The van der Waals surface area contributed by atoms with Crippen LogP contribution in [0, 0.1) is 0 Å². The molecule has 0 saturated carbocycles. The van der Waals surface area contributed by atoms with Crippen molar-refractivity contribution < 1.29 is 9.53 Å². The zero-order valence-electron chi connectivity index (χ0n) is 12.0. The lowest BCUT2D eigenvalue weighted by Crippen LogP contribution is -2.06. The highest BCUT2D eigenvalue weighted by molar-refractivity contribution is 7.99. The molecule has 2 nitrogen and oxygen atoms in total. The summed E-state index contributed by atoms with van der Waals surface area (Å²) < 4.78 is 6.01. The summed E-state index contributed by atoms with van der Waals surface area (Å²) in [7, 11) is 0. The molecule has 0 amide bonds. The third-order valence-corrected chi connectivity index (χ3v) is 4.96. The van der Waals surface area contributed by atoms with E-state index in [9.17, 15) is 4.79 Å². The summed E-state index contributed by atoms with van der Waals surface area (Å²) in [5, 5.41) is 0.609. The molecule has 0 atom stereocenters. The van der Waals surface area contributed by atoms with Crippen molar-refractivity contribution in [2.45, 2.75) is 9.79 Å². The summed E-state index contributed by atoms with van der Waals surface area (Å²) in [5.74, 6) is 1.33. The fourth-order valence-corrected chi connectivity index (χ4v) is 3.60. The summed E-state index contributed by atoms with van der Waals surface area (Å²) >= 11 is 7.51. The number of benzene rings is 3. The van der Waals surface area contributed by atoms with Crippen molar-refractivity contribution >= 4 is 29.1 Å². The third-order valence-electron chi connectivity index (χ3n) is 3.61. The van der Waals surface area contributed by atoms with E-state index in [4.69, 9.17) is 16.3 Å². The third kappa shape index (κ3) is 2.62. The fourth-order valence-electron chi connectivity index (χ4n) is 2.48. The smallest absolute Gasteiger partial charge is 0.196 e. The lowest BCUT2D eigenvalue weighted by atomic mass is 10.0. The van der Waals surface area contributed by atoms with E-state index in [1.165, 1.54) is 0 Å². The molecular weight excluding hydrogens is 328 g/mol. The Kier molecular flexibility index (Phi) is 3.60. The molecule has 0 N–H and O–H groups in total. The molecule has 1 heterocycles. The minimum absolute atomic E-state index is 0.0708. The molecule has 0 aromatic heterocycles. The van der Waals surface area contributed by atoms with Gasteiger partial charge in [-0.1, -0.05) is 41.6 Å². The molecule has 0 radical (unpaired) electrons. The van der Waals surface area contributed by atoms with E-state index in [1.54, 1.807) is 42.1 Å². The van der Waals surface area contributed by atoms with E-state index in [1.807, 2.05) is 36.4 Å². The first-order chi connectivity index (χ1) is 11.2. The highest BCUT2D eigenvalue weighted by atomic mass is 35.5. The summed E-state index contributed by atoms with van der Waals surface area (Å²) in [6.45, 7) is 0. The monoisotopic (exact) mass is 338 g/mol. The number of carbonyl (C=O) groups excluding carboxylic acids is 1. The number of para-hydroxylation sites is 2. The van der Waals surface area contributed by atoms with Crippen molar-refractivity contribution in [2.24, 2.45) is 0 Å². The van der Waals surface area contributed by atoms with Gasteiger partial charge in [0.05, 0.1) is 15.4 Å². The van der Waals surface area contributed by atoms with Crippen molar-refractivity contribution in [3.8, 4) is 11.5 Å². The van der Waals surface area contributed by atoms with E-state index >= 15 is 0 Å². The number of ether oxygens (including phenoxy) is 1. The second-order valence-corrected chi connectivity index (χ2v) is 6.64. The van der Waals surface area contributed by atoms with E-state index < -0.39 is 0 Å². The number of halogens is 1. The van der Waals surface area contributed by atoms with Crippen molar-refractivity contribution in [2.75, 3.05) is 0 Å². The van der Waals surface area contributed by atoms with E-state index in [2.05, 4.69) is 0 Å². The van der Waals surface area contributed by atoms with Gasteiger partial charge in [-0.2, -0.15) is 0 Å². The molecule has 112 valence electrons. The Hall–Kier alpha value is -2.23. The molecule has 0 aliphatic carbocycles. The van der Waals surface area contributed by atoms with Gasteiger partial charge < -0.3 is 4.74 Å². The van der Waals surface area contributed by atoms with E-state index in [0.717, 1.165) is 15.5 Å². The van der Waals surface area contributed by atoms with Gasteiger partial charge >= 0.3 is 0 Å². The van der Waals surface area contributed by atoms with Crippen LogP contribution >= 0.6 is 23.4 Å². The lowest BCUT2D eigenvalue weighted by Gasteiger charge is -2.21. The average molecular weight is 339 g/mol. The zero-order valence-corrected chi connectivity index (χ0v) is 13.5. The SMILES string of the molecule is O=C(c1ccc(Cl)cc1)c1cccc2c1Oc1ccccc1S2. The van der Waals surface area contributed by atoms with Crippen LogP contribution in [0.15, 0.2) is 76.5 Å². The highest BCUT2D eigenvalue weighted by Gasteiger charge is 2.23. The van der Waals surface area contributed by atoms with Crippen molar-refractivity contribution in [3.63, 3.8) is 0 Å². The standard InChI is InChI=1S/C19H11ClO2S/c20-13-10-8-12(9-11-13)18(21)14-4-3-7-17-19(14)22-15-5-1-2-6-16(15)23-17/h1-11H. The highest BCUT2D eigenvalue weighted by Crippen LogP contribution is 2.48. The first-order valence-corrected chi connectivity index (χ1v) is 8.30. The van der Waals surface area contributed by atoms with Gasteiger partial charge in [0.25, 0.3) is 0 Å². The Labute approximate surface area is 143 Å². The summed E-state index contributed by atoms with van der Waals surface area (Å²) in [4.78, 5) is 14.8. The van der Waals surface area contributed by atoms with Gasteiger partial charge in [0.2, 0.25) is 0 Å². The van der Waals surface area contributed by atoms with E-state index in [0.29, 0.717) is 21.9 Å². The van der Waals surface area contributed by atoms with Crippen LogP contribution in [0.1, 0.15) is 15.9 Å². The number of ketones is 1. The first-order valence-electron chi connectivity index (χ1n) is 7.10. The quantitative estimate of drug-likeness (QED) is 0.430. The van der Waals surface area contributed by atoms with Crippen LogP contribution in [-0.4, -0.2) is 5.78 Å². The molecule has 0 unspecified atom stereocenters. The predicted molar refractivity (Wildman–Crippen MR) is 92.0 cm³/mol. The maximum absolute atomic E-state index is 12.8. The number of rotatable bonds is 2. The Morgan fingerprint density at radius 2 is 1.61 bits per heavy atom. The molecule has 1 aliphatic rings. The van der Waals surface area contributed by atoms with Gasteiger partial charge in [-0.05, 0) is 48.5 Å². The van der Waals surface area contributed by atoms with Gasteiger partial charge in [0.1, 0.15) is 5.75 Å². The van der Waals surface area contributed by atoms with Gasteiger partial charge in [-0.25, -0.2) is 0 Å². The molecule has 1 aliphatic heterocycles. The number of hydrogen-bond donors (Lipinski definition) is 0. The number of carbonyl (C=O) groups is 1.